The van der Waals surface area contributed by atoms with E-state index in [0.717, 1.165) is 0 Å². The first kappa shape index (κ1) is 19.7. The molecule has 0 bridgehead atoms. The molecule has 2 atom stereocenters. The molecule has 2 unspecified atom stereocenters. The molecule has 1 aliphatic heterocycles. The zero-order valence-electron chi connectivity index (χ0n) is 14.1. The van der Waals surface area contributed by atoms with Gasteiger partial charge in [0.25, 0.3) is 5.91 Å². The van der Waals surface area contributed by atoms with Gasteiger partial charge in [0.15, 0.2) is 16.4 Å². The highest BCUT2D eigenvalue weighted by Gasteiger charge is 2.36. The van der Waals surface area contributed by atoms with Gasteiger partial charge in [-0.25, -0.2) is 18.2 Å². The lowest BCUT2D eigenvalue weighted by Crippen LogP contribution is -2.48. The fourth-order valence-corrected chi connectivity index (χ4v) is 4.70. The molecule has 0 aromatic carbocycles. The van der Waals surface area contributed by atoms with Crippen LogP contribution in [-0.2, 0) is 19.4 Å². The molecule has 2 rings (SSSR count). The maximum atomic E-state index is 12.6. The Balaban J connectivity index is 2.03. The molecule has 0 radical (unpaired) electrons. The van der Waals surface area contributed by atoms with Gasteiger partial charge in [-0.15, -0.1) is 0 Å². The minimum atomic E-state index is -3.12. The summed E-state index contributed by atoms with van der Waals surface area (Å²) >= 11 is 5.72. The van der Waals surface area contributed by atoms with Gasteiger partial charge in [0.05, 0.1) is 17.1 Å². The first-order valence-corrected chi connectivity index (χ1v) is 10.2. The van der Waals surface area contributed by atoms with Crippen molar-refractivity contribution in [2.24, 2.45) is 0 Å². The van der Waals surface area contributed by atoms with Gasteiger partial charge in [-0.3, -0.25) is 4.79 Å². The van der Waals surface area contributed by atoms with Crippen molar-refractivity contribution in [1.29, 1.82) is 0 Å². The van der Waals surface area contributed by atoms with Crippen molar-refractivity contribution in [2.45, 2.75) is 38.8 Å². The molecule has 9 heteroatoms. The van der Waals surface area contributed by atoms with E-state index in [1.807, 2.05) is 13.8 Å². The van der Waals surface area contributed by atoms with Crippen LogP contribution in [0.2, 0.25) is 5.15 Å². The van der Waals surface area contributed by atoms with E-state index in [-0.39, 0.29) is 34.3 Å². The highest BCUT2D eigenvalue weighted by molar-refractivity contribution is 7.91. The van der Waals surface area contributed by atoms with Gasteiger partial charge in [0, 0.05) is 18.3 Å². The standard InChI is InChI=1S/C16H21ClN2O5S/c1-3-11(2)19(13-5-7-25(22,23)10-13)15(20)9-24-16(21)12-4-6-18-14(17)8-12/h4,6,8,11,13H,3,5,7,9-10H2,1-2H3. The zero-order valence-corrected chi connectivity index (χ0v) is 15.7. The number of hydrogen-bond acceptors (Lipinski definition) is 6. The summed E-state index contributed by atoms with van der Waals surface area (Å²) in [6, 6.07) is 2.28. The Labute approximate surface area is 152 Å². The molecule has 0 aliphatic carbocycles. The van der Waals surface area contributed by atoms with E-state index >= 15 is 0 Å². The molecule has 7 nitrogen and oxygen atoms in total. The molecular formula is C16H21ClN2O5S. The van der Waals surface area contributed by atoms with Gasteiger partial charge in [-0.05, 0) is 31.9 Å². The SMILES string of the molecule is CCC(C)N(C(=O)COC(=O)c1ccnc(Cl)c1)C1CCS(=O)(=O)C1. The third kappa shape index (κ3) is 5.15. The first-order valence-electron chi connectivity index (χ1n) is 8.03. The maximum Gasteiger partial charge on any atom is 0.338 e. The summed E-state index contributed by atoms with van der Waals surface area (Å²) in [5.41, 5.74) is 0.200. The molecule has 0 N–H and O–H groups in total. The molecule has 1 aromatic rings. The molecule has 2 heterocycles. The topological polar surface area (TPSA) is 93.6 Å². The monoisotopic (exact) mass is 388 g/mol. The van der Waals surface area contributed by atoms with Crippen molar-refractivity contribution >= 4 is 33.3 Å². The van der Waals surface area contributed by atoms with Crippen LogP contribution in [0.4, 0.5) is 0 Å². The fourth-order valence-electron chi connectivity index (χ4n) is 2.82. The molecule has 1 fully saturated rings. The van der Waals surface area contributed by atoms with E-state index in [1.54, 1.807) is 0 Å². The van der Waals surface area contributed by atoms with E-state index in [9.17, 15) is 18.0 Å². The summed E-state index contributed by atoms with van der Waals surface area (Å²) in [5, 5.41) is 0.151. The number of carbonyl (C=O) groups is 2. The second-order valence-electron chi connectivity index (χ2n) is 6.06. The van der Waals surface area contributed by atoms with Crippen molar-refractivity contribution in [2.75, 3.05) is 18.1 Å². The van der Waals surface area contributed by atoms with Gasteiger partial charge in [0.2, 0.25) is 0 Å². The summed E-state index contributed by atoms with van der Waals surface area (Å²) in [4.78, 5) is 29.9. The largest absolute Gasteiger partial charge is 0.452 e. The van der Waals surface area contributed by atoms with Gasteiger partial charge >= 0.3 is 5.97 Å². The van der Waals surface area contributed by atoms with E-state index in [2.05, 4.69) is 4.98 Å². The fraction of sp³-hybridized carbons (Fsp3) is 0.562. The lowest BCUT2D eigenvalue weighted by atomic mass is 10.1. The van der Waals surface area contributed by atoms with Crippen molar-refractivity contribution in [3.05, 3.63) is 29.0 Å². The molecule has 1 aromatic heterocycles. The van der Waals surface area contributed by atoms with Crippen molar-refractivity contribution in [3.63, 3.8) is 0 Å². The minimum absolute atomic E-state index is 0.0447. The lowest BCUT2D eigenvalue weighted by molar-refractivity contribution is -0.138. The van der Waals surface area contributed by atoms with E-state index in [4.69, 9.17) is 16.3 Å². The Bertz CT molecular complexity index is 753. The number of rotatable bonds is 6. The third-order valence-electron chi connectivity index (χ3n) is 4.24. The number of sulfone groups is 1. The number of halogens is 1. The number of amides is 1. The average molecular weight is 389 g/mol. The number of nitrogens with zero attached hydrogens (tertiary/aromatic N) is 2. The van der Waals surface area contributed by atoms with Crippen LogP contribution in [-0.4, -0.2) is 60.4 Å². The van der Waals surface area contributed by atoms with Crippen molar-refractivity contribution in [1.82, 2.24) is 9.88 Å². The van der Waals surface area contributed by atoms with Crippen LogP contribution in [0.1, 0.15) is 37.0 Å². The molecule has 138 valence electrons. The lowest BCUT2D eigenvalue weighted by Gasteiger charge is -2.33. The average Bonchev–Trinajstić information content (AvgIpc) is 2.92. The minimum Gasteiger partial charge on any atom is -0.452 e. The Hall–Kier alpha value is -1.67. The second kappa shape index (κ2) is 8.14. The van der Waals surface area contributed by atoms with Gasteiger partial charge in [-0.1, -0.05) is 18.5 Å². The summed E-state index contributed by atoms with van der Waals surface area (Å²) in [7, 11) is -3.12. The van der Waals surface area contributed by atoms with Gasteiger partial charge in [-0.2, -0.15) is 0 Å². The van der Waals surface area contributed by atoms with Crippen LogP contribution in [0.25, 0.3) is 0 Å². The molecule has 0 spiro atoms. The summed E-state index contributed by atoms with van der Waals surface area (Å²) in [6.45, 7) is 3.33. The molecule has 0 saturated carbocycles. The van der Waals surface area contributed by atoms with E-state index in [0.29, 0.717) is 12.8 Å². The Morgan fingerprint density at radius 2 is 2.20 bits per heavy atom. The van der Waals surface area contributed by atoms with E-state index in [1.165, 1.54) is 23.2 Å². The Kier molecular flexibility index (Phi) is 6.40. The molecule has 1 amide bonds. The summed E-state index contributed by atoms with van der Waals surface area (Å²) < 4.78 is 28.5. The first-order chi connectivity index (χ1) is 11.7. The molecule has 25 heavy (non-hydrogen) atoms. The van der Waals surface area contributed by atoms with Crippen LogP contribution in [0.15, 0.2) is 18.3 Å². The molecular weight excluding hydrogens is 368 g/mol. The number of carbonyl (C=O) groups excluding carboxylic acids is 2. The summed E-state index contributed by atoms with van der Waals surface area (Å²) in [6.07, 6.45) is 2.46. The number of pyridine rings is 1. The van der Waals surface area contributed by atoms with Crippen molar-refractivity contribution < 1.29 is 22.7 Å². The zero-order chi connectivity index (χ0) is 18.6. The van der Waals surface area contributed by atoms with Crippen molar-refractivity contribution in [3.8, 4) is 0 Å². The van der Waals surface area contributed by atoms with Gasteiger partial charge < -0.3 is 9.64 Å². The normalized spacial score (nSPS) is 20.0. The van der Waals surface area contributed by atoms with Crippen LogP contribution < -0.4 is 0 Å². The predicted octanol–water partition coefficient (Wildman–Crippen LogP) is 1.71. The number of aromatic nitrogens is 1. The van der Waals surface area contributed by atoms with Crippen LogP contribution in [0.5, 0.6) is 0 Å². The quantitative estimate of drug-likeness (QED) is 0.544. The van der Waals surface area contributed by atoms with Gasteiger partial charge in [0.1, 0.15) is 5.15 Å². The predicted molar refractivity (Wildman–Crippen MR) is 93.2 cm³/mol. The maximum absolute atomic E-state index is 12.6. The Morgan fingerprint density at radius 3 is 2.76 bits per heavy atom. The Morgan fingerprint density at radius 1 is 1.48 bits per heavy atom. The van der Waals surface area contributed by atoms with Crippen LogP contribution in [0.3, 0.4) is 0 Å². The molecule has 1 saturated heterocycles. The smallest absolute Gasteiger partial charge is 0.338 e. The van der Waals surface area contributed by atoms with E-state index < -0.39 is 28.3 Å². The number of esters is 1. The number of hydrogen-bond donors (Lipinski definition) is 0. The third-order valence-corrected chi connectivity index (χ3v) is 6.20. The number of ether oxygens (including phenoxy) is 1. The van der Waals surface area contributed by atoms with Crippen LogP contribution >= 0.6 is 11.6 Å². The highest BCUT2D eigenvalue weighted by Crippen LogP contribution is 2.21. The second-order valence-corrected chi connectivity index (χ2v) is 8.67. The van der Waals surface area contributed by atoms with Crippen LogP contribution in [0, 0.1) is 0 Å². The summed E-state index contributed by atoms with van der Waals surface area (Å²) in [5.74, 6) is -1.05. The highest BCUT2D eigenvalue weighted by atomic mass is 35.5. The molecule has 1 aliphatic rings.